The molecule has 2 rings (SSSR count). The van der Waals surface area contributed by atoms with Crippen LogP contribution in [0.4, 0.5) is 23.7 Å². The van der Waals surface area contributed by atoms with Crippen LogP contribution in [0.1, 0.15) is 42.3 Å². The summed E-state index contributed by atoms with van der Waals surface area (Å²) >= 11 is 0. The van der Waals surface area contributed by atoms with Gasteiger partial charge in [0.25, 0.3) is 0 Å². The molecule has 0 atom stereocenters. The maximum Gasteiger partial charge on any atom is 0.416 e. The van der Waals surface area contributed by atoms with Crippen molar-refractivity contribution >= 4 is 23.6 Å². The van der Waals surface area contributed by atoms with Gasteiger partial charge < -0.3 is 15.6 Å². The number of nitrogens with zero attached hydrogens (tertiary/aromatic N) is 2. The van der Waals surface area contributed by atoms with Crippen LogP contribution in [0.25, 0.3) is 0 Å². The summed E-state index contributed by atoms with van der Waals surface area (Å²) in [6.07, 6.45) is -5.59. The first-order chi connectivity index (χ1) is 11.8. The molecule has 1 amide bonds. The Morgan fingerprint density at radius 2 is 1.88 bits per heavy atom. The number of halogens is 3. The average molecular weight is 373 g/mol. The van der Waals surface area contributed by atoms with Crippen molar-refractivity contribution in [3.05, 3.63) is 28.8 Å². The van der Waals surface area contributed by atoms with Gasteiger partial charge in [0.1, 0.15) is 11.4 Å². The van der Waals surface area contributed by atoms with Gasteiger partial charge >= 0.3 is 18.2 Å². The molecule has 142 valence electrons. The van der Waals surface area contributed by atoms with Gasteiger partial charge in [0.2, 0.25) is 0 Å². The Bertz CT molecular complexity index is 782. The number of carbonyl (C=O) groups excluding carboxylic acids is 1. The van der Waals surface area contributed by atoms with E-state index >= 15 is 0 Å². The number of hydrogen-bond donors (Lipinski definition) is 2. The number of rotatable bonds is 2. The molecule has 1 aromatic rings. The van der Waals surface area contributed by atoms with Crippen LogP contribution in [0, 0.1) is 0 Å². The topological polar surface area (TPSA) is 105 Å². The number of carboxylic acid groups (broad SMARTS) is 1. The molecule has 1 aromatic carbocycles. The van der Waals surface area contributed by atoms with Gasteiger partial charge in [-0.2, -0.15) is 13.2 Å². The summed E-state index contributed by atoms with van der Waals surface area (Å²) in [6, 6.07) is 1.14. The van der Waals surface area contributed by atoms with Gasteiger partial charge in [-0.05, 0) is 32.9 Å². The quantitative estimate of drug-likeness (QED) is 0.776. The van der Waals surface area contributed by atoms with Gasteiger partial charge in [0.15, 0.2) is 0 Å². The summed E-state index contributed by atoms with van der Waals surface area (Å²) in [5.74, 6) is -1.76. The zero-order chi connectivity index (χ0) is 19.9. The second-order valence-electron chi connectivity index (χ2n) is 6.63. The fraction of sp³-hybridized carbons (Fsp3) is 0.438. The molecule has 0 fully saturated rings. The molecule has 0 radical (unpaired) electrons. The standard InChI is InChI=1S/C16H18F3N3O4/c1-15(2,3)26-14(25)22-5-4-21-12(22)9-6-8(16(17,18)19)7-10(11(9)20)13(23)24/h6-7H,4-5,20H2,1-3H3,(H,23,24). The van der Waals surface area contributed by atoms with Gasteiger partial charge in [-0.1, -0.05) is 0 Å². The first-order valence-corrected chi connectivity index (χ1v) is 7.60. The van der Waals surface area contributed by atoms with Crippen LogP contribution >= 0.6 is 0 Å². The highest BCUT2D eigenvalue weighted by molar-refractivity contribution is 6.13. The first kappa shape index (κ1) is 19.5. The van der Waals surface area contributed by atoms with Crippen molar-refractivity contribution in [2.75, 3.05) is 18.8 Å². The molecular formula is C16H18F3N3O4. The third kappa shape index (κ3) is 4.06. The molecule has 0 saturated heterocycles. The Morgan fingerprint density at radius 3 is 2.38 bits per heavy atom. The van der Waals surface area contributed by atoms with E-state index in [1.54, 1.807) is 20.8 Å². The highest BCUT2D eigenvalue weighted by Gasteiger charge is 2.36. The number of amides is 1. The number of carboxylic acids is 1. The van der Waals surface area contributed by atoms with Crippen molar-refractivity contribution in [2.24, 2.45) is 4.99 Å². The van der Waals surface area contributed by atoms with E-state index in [0.29, 0.717) is 12.1 Å². The zero-order valence-electron chi connectivity index (χ0n) is 14.3. The Balaban J connectivity index is 2.54. The van der Waals surface area contributed by atoms with Gasteiger partial charge in [0, 0.05) is 5.56 Å². The van der Waals surface area contributed by atoms with E-state index in [2.05, 4.69) is 4.99 Å². The van der Waals surface area contributed by atoms with E-state index < -0.39 is 40.7 Å². The highest BCUT2D eigenvalue weighted by Crippen LogP contribution is 2.34. The van der Waals surface area contributed by atoms with Crippen LogP contribution in [0.5, 0.6) is 0 Å². The monoisotopic (exact) mass is 373 g/mol. The van der Waals surface area contributed by atoms with Crippen molar-refractivity contribution in [3.8, 4) is 0 Å². The number of nitrogen functional groups attached to an aromatic ring is 1. The van der Waals surface area contributed by atoms with Crippen LogP contribution in [-0.4, -0.2) is 46.6 Å². The third-order valence-electron chi connectivity index (χ3n) is 3.43. The maximum atomic E-state index is 13.1. The number of aromatic carboxylic acids is 1. The van der Waals surface area contributed by atoms with Crippen LogP contribution in [0.3, 0.4) is 0 Å². The third-order valence-corrected chi connectivity index (χ3v) is 3.43. The predicted octanol–water partition coefficient (Wildman–Crippen LogP) is 2.98. The van der Waals surface area contributed by atoms with E-state index in [1.807, 2.05) is 0 Å². The number of anilines is 1. The molecule has 3 N–H and O–H groups in total. The van der Waals surface area contributed by atoms with Gasteiger partial charge in [0.05, 0.1) is 29.9 Å². The molecule has 0 aromatic heterocycles. The molecule has 1 aliphatic heterocycles. The molecule has 1 heterocycles. The molecular weight excluding hydrogens is 355 g/mol. The molecule has 10 heteroatoms. The predicted molar refractivity (Wildman–Crippen MR) is 87.2 cm³/mol. The van der Waals surface area contributed by atoms with E-state index in [1.165, 1.54) is 0 Å². The minimum absolute atomic E-state index is 0.0857. The minimum atomic E-state index is -4.79. The molecule has 0 unspecified atom stereocenters. The molecule has 0 saturated carbocycles. The smallest absolute Gasteiger partial charge is 0.416 e. The van der Waals surface area contributed by atoms with Crippen molar-refractivity contribution in [1.29, 1.82) is 0 Å². The SMILES string of the molecule is CC(C)(C)OC(=O)N1CCN=C1c1cc(C(F)(F)F)cc(C(=O)O)c1N. The number of alkyl halides is 3. The lowest BCUT2D eigenvalue weighted by molar-refractivity contribution is -0.137. The number of aliphatic imine (C=N–C) groups is 1. The van der Waals surface area contributed by atoms with Crippen molar-refractivity contribution in [1.82, 2.24) is 4.90 Å². The second kappa shape index (κ2) is 6.50. The minimum Gasteiger partial charge on any atom is -0.478 e. The maximum absolute atomic E-state index is 13.1. The lowest BCUT2D eigenvalue weighted by Crippen LogP contribution is -2.39. The molecule has 1 aliphatic rings. The molecule has 7 nitrogen and oxygen atoms in total. The second-order valence-corrected chi connectivity index (χ2v) is 6.63. The number of carbonyl (C=O) groups is 2. The summed E-state index contributed by atoms with van der Waals surface area (Å²) in [5, 5.41) is 9.16. The summed E-state index contributed by atoms with van der Waals surface area (Å²) in [5.41, 5.74) is 2.34. The van der Waals surface area contributed by atoms with Gasteiger partial charge in [-0.3, -0.25) is 9.89 Å². The highest BCUT2D eigenvalue weighted by atomic mass is 19.4. The normalized spacial score (nSPS) is 15.0. The molecule has 26 heavy (non-hydrogen) atoms. The fourth-order valence-corrected chi connectivity index (χ4v) is 2.35. The molecule has 0 bridgehead atoms. The number of benzene rings is 1. The van der Waals surface area contributed by atoms with Crippen LogP contribution in [0.15, 0.2) is 17.1 Å². The number of ether oxygens (including phenoxy) is 1. The Labute approximate surface area is 147 Å². The molecule has 0 aliphatic carbocycles. The van der Waals surface area contributed by atoms with Crippen LogP contribution < -0.4 is 5.73 Å². The van der Waals surface area contributed by atoms with E-state index in [9.17, 15) is 22.8 Å². The molecule has 0 spiro atoms. The number of hydrogen-bond acceptors (Lipinski definition) is 5. The summed E-state index contributed by atoms with van der Waals surface area (Å²) in [7, 11) is 0. The fourth-order valence-electron chi connectivity index (χ4n) is 2.35. The summed E-state index contributed by atoms with van der Waals surface area (Å²) in [6.45, 7) is 5.13. The lowest BCUT2D eigenvalue weighted by Gasteiger charge is -2.26. The van der Waals surface area contributed by atoms with Gasteiger partial charge in [-0.15, -0.1) is 0 Å². The van der Waals surface area contributed by atoms with E-state index in [0.717, 1.165) is 4.90 Å². The number of amidine groups is 1. The van der Waals surface area contributed by atoms with E-state index in [4.69, 9.17) is 15.6 Å². The average Bonchev–Trinajstić information content (AvgIpc) is 2.93. The van der Waals surface area contributed by atoms with Crippen molar-refractivity contribution < 1.29 is 32.6 Å². The van der Waals surface area contributed by atoms with Crippen molar-refractivity contribution in [2.45, 2.75) is 32.5 Å². The van der Waals surface area contributed by atoms with Gasteiger partial charge in [-0.25, -0.2) is 9.59 Å². The van der Waals surface area contributed by atoms with Crippen molar-refractivity contribution in [3.63, 3.8) is 0 Å². The van der Waals surface area contributed by atoms with E-state index in [-0.39, 0.29) is 24.5 Å². The van der Waals surface area contributed by atoms with Crippen LogP contribution in [-0.2, 0) is 10.9 Å². The summed E-state index contributed by atoms with van der Waals surface area (Å²) in [4.78, 5) is 28.6. The van der Waals surface area contributed by atoms with Crippen LogP contribution in [0.2, 0.25) is 0 Å². The Hall–Kier alpha value is -2.78. The first-order valence-electron chi connectivity index (χ1n) is 7.60. The Kier molecular flexibility index (Phi) is 4.89. The number of nitrogens with two attached hydrogens (primary N) is 1. The Morgan fingerprint density at radius 1 is 1.27 bits per heavy atom. The zero-order valence-corrected chi connectivity index (χ0v) is 14.3. The largest absolute Gasteiger partial charge is 0.478 e. The summed E-state index contributed by atoms with van der Waals surface area (Å²) < 4.78 is 44.6. The lowest BCUT2D eigenvalue weighted by atomic mass is 10.0.